The number of nitrogens with one attached hydrogen (secondary N) is 4. The molecule has 0 saturated carbocycles. The molecule has 0 aliphatic carbocycles. The first-order valence-corrected chi connectivity index (χ1v) is 11.9. The molecule has 186 valence electrons. The summed E-state index contributed by atoms with van der Waals surface area (Å²) in [6, 6.07) is -4.42. The summed E-state index contributed by atoms with van der Waals surface area (Å²) in [6.07, 6.45) is 5.51. The normalized spacial score (nSPS) is 14.7. The van der Waals surface area contributed by atoms with Crippen LogP contribution in [0.1, 0.15) is 32.4 Å². The predicted octanol–water partition coefficient (Wildman–Crippen LogP) is -1.39. The van der Waals surface area contributed by atoms with Gasteiger partial charge in [0.25, 0.3) is 0 Å². The van der Waals surface area contributed by atoms with Crippen LogP contribution in [-0.2, 0) is 25.6 Å². The standard InChI is InChI=1S/C20H34N6O6S/c1-11(2)6-14(24-17(28)13(21)4-5-33-3)18(29)25-15(7-12-8-22-10-23-12)19(30)26-16(9-27)20(31)32/h8,10-11,13-16,27H,4-7,9,21H2,1-3H3,(H,22,23)(H,24,28)(H,25,29)(H,26,30)(H,31,32). The third-order valence-electron chi connectivity index (χ3n) is 4.72. The lowest BCUT2D eigenvalue weighted by molar-refractivity contribution is -0.143. The summed E-state index contributed by atoms with van der Waals surface area (Å²) in [5.41, 5.74) is 6.43. The maximum Gasteiger partial charge on any atom is 0.328 e. The molecule has 0 aliphatic heterocycles. The van der Waals surface area contributed by atoms with Crippen molar-refractivity contribution < 1.29 is 29.4 Å². The zero-order chi connectivity index (χ0) is 25.0. The van der Waals surface area contributed by atoms with Crippen LogP contribution in [0.5, 0.6) is 0 Å². The van der Waals surface area contributed by atoms with E-state index in [0.29, 0.717) is 24.3 Å². The van der Waals surface area contributed by atoms with Gasteiger partial charge in [-0.2, -0.15) is 11.8 Å². The average molecular weight is 487 g/mol. The third-order valence-corrected chi connectivity index (χ3v) is 5.36. The van der Waals surface area contributed by atoms with Crippen molar-refractivity contribution in [2.45, 2.75) is 57.3 Å². The molecule has 0 bridgehead atoms. The molecule has 0 radical (unpaired) electrons. The molecule has 33 heavy (non-hydrogen) atoms. The summed E-state index contributed by atoms with van der Waals surface area (Å²) in [4.78, 5) is 56.1. The number of aliphatic hydroxyl groups is 1. The SMILES string of the molecule is CSCCC(N)C(=O)NC(CC(C)C)C(=O)NC(Cc1cnc[nH]1)C(=O)NC(CO)C(=O)O. The van der Waals surface area contributed by atoms with E-state index in [-0.39, 0.29) is 12.3 Å². The number of amides is 3. The Hall–Kier alpha value is -2.64. The van der Waals surface area contributed by atoms with E-state index >= 15 is 0 Å². The second-order valence-corrected chi connectivity index (χ2v) is 8.99. The van der Waals surface area contributed by atoms with Gasteiger partial charge in [-0.1, -0.05) is 13.8 Å². The summed E-state index contributed by atoms with van der Waals surface area (Å²) in [5.74, 6) is -2.55. The molecular weight excluding hydrogens is 452 g/mol. The highest BCUT2D eigenvalue weighted by atomic mass is 32.2. The van der Waals surface area contributed by atoms with Crippen LogP contribution in [0.3, 0.4) is 0 Å². The molecule has 0 fully saturated rings. The van der Waals surface area contributed by atoms with Crippen molar-refractivity contribution in [3.63, 3.8) is 0 Å². The first-order chi connectivity index (χ1) is 15.6. The molecule has 8 N–H and O–H groups in total. The molecule has 0 spiro atoms. The maximum atomic E-state index is 13.0. The van der Waals surface area contributed by atoms with Gasteiger partial charge in [-0.05, 0) is 30.8 Å². The molecule has 0 aliphatic rings. The van der Waals surface area contributed by atoms with E-state index in [0.717, 1.165) is 0 Å². The summed E-state index contributed by atoms with van der Waals surface area (Å²) in [6.45, 7) is 2.95. The van der Waals surface area contributed by atoms with Gasteiger partial charge in [0.1, 0.15) is 18.1 Å². The minimum atomic E-state index is -1.53. The van der Waals surface area contributed by atoms with Crippen LogP contribution in [-0.4, -0.2) is 86.7 Å². The summed E-state index contributed by atoms with van der Waals surface area (Å²) < 4.78 is 0. The Morgan fingerprint density at radius 3 is 2.21 bits per heavy atom. The van der Waals surface area contributed by atoms with Crippen molar-refractivity contribution in [3.8, 4) is 0 Å². The maximum absolute atomic E-state index is 13.0. The summed E-state index contributed by atoms with van der Waals surface area (Å²) in [7, 11) is 0. The van der Waals surface area contributed by atoms with Crippen LogP contribution in [0.2, 0.25) is 0 Å². The number of aromatic nitrogens is 2. The number of imidazole rings is 1. The highest BCUT2D eigenvalue weighted by molar-refractivity contribution is 7.98. The van der Waals surface area contributed by atoms with E-state index in [9.17, 15) is 24.3 Å². The minimum Gasteiger partial charge on any atom is -0.480 e. The molecule has 1 heterocycles. The van der Waals surface area contributed by atoms with Gasteiger partial charge >= 0.3 is 5.97 Å². The van der Waals surface area contributed by atoms with Crippen molar-refractivity contribution >= 4 is 35.5 Å². The molecule has 0 saturated heterocycles. The smallest absolute Gasteiger partial charge is 0.328 e. The van der Waals surface area contributed by atoms with Gasteiger partial charge in [0.15, 0.2) is 0 Å². The van der Waals surface area contributed by atoms with Gasteiger partial charge in [-0.25, -0.2) is 9.78 Å². The molecule has 3 amide bonds. The Morgan fingerprint density at radius 2 is 1.70 bits per heavy atom. The number of nitrogens with two attached hydrogens (primary N) is 1. The number of aliphatic hydroxyl groups excluding tert-OH is 1. The zero-order valence-electron chi connectivity index (χ0n) is 19.0. The Morgan fingerprint density at radius 1 is 1.09 bits per heavy atom. The van der Waals surface area contributed by atoms with E-state index in [2.05, 4.69) is 25.9 Å². The lowest BCUT2D eigenvalue weighted by atomic mass is 10.0. The van der Waals surface area contributed by atoms with E-state index in [1.165, 1.54) is 12.5 Å². The monoisotopic (exact) mass is 486 g/mol. The number of hydrogen-bond acceptors (Lipinski definition) is 8. The van der Waals surface area contributed by atoms with E-state index in [4.69, 9.17) is 10.8 Å². The molecule has 1 rings (SSSR count). The topological polar surface area (TPSA) is 200 Å². The number of carboxylic acid groups (broad SMARTS) is 1. The van der Waals surface area contributed by atoms with Crippen molar-refractivity contribution in [2.75, 3.05) is 18.6 Å². The van der Waals surface area contributed by atoms with Gasteiger partial charge in [-0.15, -0.1) is 0 Å². The van der Waals surface area contributed by atoms with Gasteiger partial charge in [0.05, 0.1) is 19.0 Å². The van der Waals surface area contributed by atoms with E-state index in [1.807, 2.05) is 20.1 Å². The van der Waals surface area contributed by atoms with E-state index < -0.39 is 54.5 Å². The fourth-order valence-electron chi connectivity index (χ4n) is 2.91. The van der Waals surface area contributed by atoms with Crippen LogP contribution >= 0.6 is 11.8 Å². The Kier molecular flexibility index (Phi) is 12.5. The number of thioether (sulfide) groups is 1. The molecular formula is C20H34N6O6S. The lowest BCUT2D eigenvalue weighted by Crippen LogP contribution is -2.58. The molecule has 4 unspecified atom stereocenters. The van der Waals surface area contributed by atoms with Crippen LogP contribution in [0.25, 0.3) is 0 Å². The number of carbonyl (C=O) groups is 4. The predicted molar refractivity (Wildman–Crippen MR) is 123 cm³/mol. The fraction of sp³-hybridized carbons (Fsp3) is 0.650. The zero-order valence-corrected chi connectivity index (χ0v) is 19.9. The van der Waals surface area contributed by atoms with Crippen LogP contribution in [0.4, 0.5) is 0 Å². The molecule has 0 aromatic carbocycles. The van der Waals surface area contributed by atoms with Gasteiger partial charge in [-0.3, -0.25) is 14.4 Å². The minimum absolute atomic E-state index is 0.00900. The molecule has 1 aromatic heterocycles. The number of hydrogen-bond donors (Lipinski definition) is 7. The summed E-state index contributed by atoms with van der Waals surface area (Å²) >= 11 is 1.55. The molecule has 4 atom stereocenters. The van der Waals surface area contributed by atoms with Crippen LogP contribution in [0.15, 0.2) is 12.5 Å². The number of carbonyl (C=O) groups excluding carboxylic acids is 3. The second kappa shape index (κ2) is 14.5. The first-order valence-electron chi connectivity index (χ1n) is 10.6. The van der Waals surface area contributed by atoms with Gasteiger partial charge in [0.2, 0.25) is 17.7 Å². The number of rotatable bonds is 15. The van der Waals surface area contributed by atoms with Gasteiger partial charge in [0, 0.05) is 18.3 Å². The number of carboxylic acids is 1. The number of aliphatic carboxylic acids is 1. The lowest BCUT2D eigenvalue weighted by Gasteiger charge is -2.25. The fourth-order valence-corrected chi connectivity index (χ4v) is 3.40. The molecule has 13 heteroatoms. The summed E-state index contributed by atoms with van der Waals surface area (Å²) in [5, 5.41) is 25.8. The van der Waals surface area contributed by atoms with Crippen molar-refractivity contribution in [3.05, 3.63) is 18.2 Å². The largest absolute Gasteiger partial charge is 0.480 e. The highest BCUT2D eigenvalue weighted by Crippen LogP contribution is 2.08. The van der Waals surface area contributed by atoms with E-state index in [1.54, 1.807) is 11.8 Å². The van der Waals surface area contributed by atoms with Crippen molar-refractivity contribution in [1.82, 2.24) is 25.9 Å². The quantitative estimate of drug-likeness (QED) is 0.156. The first kappa shape index (κ1) is 28.4. The number of H-pyrrole nitrogens is 1. The second-order valence-electron chi connectivity index (χ2n) is 8.00. The van der Waals surface area contributed by atoms with Gasteiger partial charge < -0.3 is 36.9 Å². The molecule has 1 aromatic rings. The Bertz CT molecular complexity index is 775. The highest BCUT2D eigenvalue weighted by Gasteiger charge is 2.30. The van der Waals surface area contributed by atoms with Crippen molar-refractivity contribution in [1.29, 1.82) is 0 Å². The Labute approximate surface area is 196 Å². The van der Waals surface area contributed by atoms with Crippen LogP contribution < -0.4 is 21.7 Å². The Balaban J connectivity index is 2.99. The van der Waals surface area contributed by atoms with Crippen molar-refractivity contribution in [2.24, 2.45) is 11.7 Å². The molecule has 12 nitrogen and oxygen atoms in total. The average Bonchev–Trinajstić information content (AvgIpc) is 3.27. The number of aromatic amines is 1. The third kappa shape index (κ3) is 10.2. The van der Waals surface area contributed by atoms with Crippen LogP contribution in [0, 0.1) is 5.92 Å². The number of nitrogens with zero attached hydrogens (tertiary/aromatic N) is 1.